The van der Waals surface area contributed by atoms with Crippen LogP contribution in [0.15, 0.2) is 48.5 Å². The van der Waals surface area contributed by atoms with Crippen molar-refractivity contribution in [3.8, 4) is 11.1 Å². The molecule has 0 unspecified atom stereocenters. The molecule has 2 aliphatic rings. The van der Waals surface area contributed by atoms with E-state index in [9.17, 15) is 19.5 Å². The number of benzene rings is 2. The number of ether oxygens (including phenoxy) is 1. The van der Waals surface area contributed by atoms with E-state index in [1.54, 1.807) is 0 Å². The Hall–Kier alpha value is -3.35. The molecule has 1 heterocycles. The first kappa shape index (κ1) is 19.0. The fraction of sp³-hybridized carbons (Fsp3) is 0.318. The molecule has 1 saturated heterocycles. The van der Waals surface area contributed by atoms with Crippen LogP contribution in [0.2, 0.25) is 0 Å². The number of likely N-dealkylation sites (tertiary alicyclic amines) is 1. The number of nitrogens with zero attached hydrogens (tertiary/aromatic N) is 1. The highest BCUT2D eigenvalue weighted by molar-refractivity contribution is 5.86. The Balaban J connectivity index is 1.35. The van der Waals surface area contributed by atoms with Crippen molar-refractivity contribution in [2.45, 2.75) is 24.8 Å². The van der Waals surface area contributed by atoms with E-state index in [1.807, 2.05) is 36.4 Å². The fourth-order valence-electron chi connectivity index (χ4n) is 4.21. The summed E-state index contributed by atoms with van der Waals surface area (Å²) >= 11 is 0. The lowest BCUT2D eigenvalue weighted by Gasteiger charge is -2.25. The highest BCUT2D eigenvalue weighted by Crippen LogP contribution is 2.44. The van der Waals surface area contributed by atoms with Crippen molar-refractivity contribution in [1.29, 1.82) is 0 Å². The van der Waals surface area contributed by atoms with Gasteiger partial charge in [-0.1, -0.05) is 48.5 Å². The number of alkyl carbamates (subject to hydrolysis) is 1. The molecule has 150 valence electrons. The minimum atomic E-state index is -1.27. The molecule has 7 heteroatoms. The van der Waals surface area contributed by atoms with E-state index in [0.717, 1.165) is 22.3 Å². The third-order valence-electron chi connectivity index (χ3n) is 5.57. The molecule has 1 atom stereocenters. The smallest absolute Gasteiger partial charge is 0.407 e. The summed E-state index contributed by atoms with van der Waals surface area (Å²) in [5.41, 5.74) is 4.47. The van der Waals surface area contributed by atoms with Gasteiger partial charge < -0.3 is 24.9 Å². The van der Waals surface area contributed by atoms with Crippen LogP contribution in [0.25, 0.3) is 11.1 Å². The molecular formula is C22H21N2O5-. The van der Waals surface area contributed by atoms with Crippen molar-refractivity contribution in [3.05, 3.63) is 59.7 Å². The van der Waals surface area contributed by atoms with Crippen LogP contribution in [0.5, 0.6) is 0 Å². The molecule has 0 saturated carbocycles. The van der Waals surface area contributed by atoms with Gasteiger partial charge in [-0.05, 0) is 35.1 Å². The Labute approximate surface area is 168 Å². The summed E-state index contributed by atoms with van der Waals surface area (Å²) in [6.45, 7) is 0.198. The van der Waals surface area contributed by atoms with Gasteiger partial charge in [-0.2, -0.15) is 0 Å². The van der Waals surface area contributed by atoms with Gasteiger partial charge in [-0.3, -0.25) is 4.79 Å². The Kier molecular flexibility index (Phi) is 5.20. The van der Waals surface area contributed by atoms with Crippen molar-refractivity contribution >= 4 is 18.0 Å². The highest BCUT2D eigenvalue weighted by Gasteiger charge is 2.31. The lowest BCUT2D eigenvalue weighted by atomic mass is 9.98. The van der Waals surface area contributed by atoms with Gasteiger partial charge in [0.15, 0.2) is 0 Å². The fourth-order valence-corrected chi connectivity index (χ4v) is 4.21. The quantitative estimate of drug-likeness (QED) is 0.825. The zero-order valence-electron chi connectivity index (χ0n) is 15.8. The molecule has 4 rings (SSSR count). The molecule has 1 fully saturated rings. The molecule has 2 aromatic carbocycles. The minimum absolute atomic E-state index is 0.0649. The second-order valence-electron chi connectivity index (χ2n) is 7.24. The van der Waals surface area contributed by atoms with Crippen LogP contribution in [-0.2, 0) is 14.3 Å². The van der Waals surface area contributed by atoms with Crippen molar-refractivity contribution in [2.24, 2.45) is 0 Å². The van der Waals surface area contributed by atoms with Crippen molar-refractivity contribution in [2.75, 3.05) is 19.7 Å². The van der Waals surface area contributed by atoms with E-state index >= 15 is 0 Å². The van der Waals surface area contributed by atoms with E-state index < -0.39 is 24.0 Å². The first-order valence-corrected chi connectivity index (χ1v) is 9.65. The monoisotopic (exact) mass is 393 g/mol. The molecule has 1 aliphatic heterocycles. The number of carbonyl (C=O) groups excluding carboxylic acids is 3. The summed E-state index contributed by atoms with van der Waals surface area (Å²) in [5.74, 6) is -1.79. The summed E-state index contributed by atoms with van der Waals surface area (Å²) < 4.78 is 5.38. The summed E-state index contributed by atoms with van der Waals surface area (Å²) in [6.07, 6.45) is 0.276. The second-order valence-corrected chi connectivity index (χ2v) is 7.24. The first-order valence-electron chi connectivity index (χ1n) is 9.65. The zero-order valence-corrected chi connectivity index (χ0v) is 15.8. The second kappa shape index (κ2) is 7.95. The third kappa shape index (κ3) is 3.68. The number of fused-ring (bicyclic) bond motifs is 3. The van der Waals surface area contributed by atoms with Crippen LogP contribution in [0.3, 0.4) is 0 Å². The average Bonchev–Trinajstić information content (AvgIpc) is 3.34. The van der Waals surface area contributed by atoms with Gasteiger partial charge in [0.2, 0.25) is 5.91 Å². The lowest BCUT2D eigenvalue weighted by molar-refractivity contribution is -0.310. The van der Waals surface area contributed by atoms with E-state index in [0.29, 0.717) is 19.4 Å². The van der Waals surface area contributed by atoms with E-state index in [-0.39, 0.29) is 19.1 Å². The number of carboxylic acids is 1. The highest BCUT2D eigenvalue weighted by atomic mass is 16.5. The maximum atomic E-state index is 12.2. The maximum Gasteiger partial charge on any atom is 0.407 e. The van der Waals surface area contributed by atoms with Crippen LogP contribution in [0.1, 0.15) is 29.9 Å². The van der Waals surface area contributed by atoms with E-state index in [1.165, 1.54) is 4.90 Å². The lowest BCUT2D eigenvalue weighted by Crippen LogP contribution is -2.49. The largest absolute Gasteiger partial charge is 0.548 e. The zero-order chi connectivity index (χ0) is 20.4. The predicted octanol–water partition coefficient (Wildman–Crippen LogP) is 1.27. The van der Waals surface area contributed by atoms with Crippen LogP contribution in [0.4, 0.5) is 4.79 Å². The van der Waals surface area contributed by atoms with Crippen LogP contribution >= 0.6 is 0 Å². The van der Waals surface area contributed by atoms with Crippen molar-refractivity contribution in [1.82, 2.24) is 10.2 Å². The molecule has 0 aromatic heterocycles. The third-order valence-corrected chi connectivity index (χ3v) is 5.57. The number of rotatable bonds is 5. The molecule has 29 heavy (non-hydrogen) atoms. The van der Waals surface area contributed by atoms with E-state index in [4.69, 9.17) is 4.74 Å². The molecule has 2 amide bonds. The Morgan fingerprint density at radius 2 is 1.66 bits per heavy atom. The minimum Gasteiger partial charge on any atom is -0.548 e. The summed E-state index contributed by atoms with van der Waals surface area (Å²) in [5, 5.41) is 13.5. The number of carboxylic acid groups (broad SMARTS) is 1. The standard InChI is InChI=1S/C22H22N2O5/c25-20(24-11-5-10-19(24)21(26)27)12-23-22(28)29-13-18-16-8-3-1-6-14(16)15-7-2-4-9-17(15)18/h1-4,6-9,18-19H,5,10-13H2,(H,23,28)(H,26,27)/p-1/t19-/m0/s1. The average molecular weight is 393 g/mol. The Bertz CT molecular complexity index is 912. The van der Waals surface area contributed by atoms with Gasteiger partial charge in [0, 0.05) is 12.5 Å². The molecule has 7 nitrogen and oxygen atoms in total. The summed E-state index contributed by atoms with van der Waals surface area (Å²) in [7, 11) is 0. The van der Waals surface area contributed by atoms with Crippen LogP contribution in [0, 0.1) is 0 Å². The van der Waals surface area contributed by atoms with Gasteiger partial charge in [-0.25, -0.2) is 4.79 Å². The Morgan fingerprint density at radius 1 is 1.03 bits per heavy atom. The first-order chi connectivity index (χ1) is 14.1. The maximum absolute atomic E-state index is 12.2. The van der Waals surface area contributed by atoms with Gasteiger partial charge >= 0.3 is 6.09 Å². The molecule has 0 radical (unpaired) electrons. The number of carbonyl (C=O) groups is 3. The molecule has 0 spiro atoms. The summed E-state index contributed by atoms with van der Waals surface area (Å²) in [6, 6.07) is 15.1. The van der Waals surface area contributed by atoms with Gasteiger partial charge in [-0.15, -0.1) is 0 Å². The number of nitrogens with one attached hydrogen (secondary N) is 1. The van der Waals surface area contributed by atoms with Crippen LogP contribution in [-0.4, -0.2) is 48.6 Å². The molecule has 0 bridgehead atoms. The van der Waals surface area contributed by atoms with Gasteiger partial charge in [0.25, 0.3) is 0 Å². The number of amides is 2. The van der Waals surface area contributed by atoms with Gasteiger partial charge in [0.1, 0.15) is 13.2 Å². The molecule has 1 N–H and O–H groups in total. The van der Waals surface area contributed by atoms with Crippen molar-refractivity contribution < 1.29 is 24.2 Å². The van der Waals surface area contributed by atoms with Crippen LogP contribution < -0.4 is 10.4 Å². The molecule has 1 aliphatic carbocycles. The number of hydrogen-bond acceptors (Lipinski definition) is 5. The predicted molar refractivity (Wildman–Crippen MR) is 103 cm³/mol. The summed E-state index contributed by atoms with van der Waals surface area (Å²) in [4.78, 5) is 36.7. The SMILES string of the molecule is O=C(NCC(=O)N1CCC[C@H]1C(=O)[O-])OCC1c2ccccc2-c2ccccc21. The number of aliphatic carboxylic acids is 1. The topological polar surface area (TPSA) is 98.8 Å². The van der Waals surface area contributed by atoms with E-state index in [2.05, 4.69) is 17.4 Å². The Morgan fingerprint density at radius 3 is 2.28 bits per heavy atom. The van der Waals surface area contributed by atoms with Gasteiger partial charge in [0.05, 0.1) is 12.0 Å². The van der Waals surface area contributed by atoms with Crippen molar-refractivity contribution in [3.63, 3.8) is 0 Å². The molecular weight excluding hydrogens is 372 g/mol. The molecule has 2 aromatic rings. The normalized spacial score (nSPS) is 17.5. The number of hydrogen-bond donors (Lipinski definition) is 1.